The molecular formula is C5H3ClN5. The van der Waals surface area contributed by atoms with Crippen molar-refractivity contribution >= 4 is 28.6 Å². The number of aromatic nitrogens is 4. The molecule has 0 aromatic carbocycles. The molecule has 0 aliphatic carbocycles. The Kier molecular flexibility index (Phi) is 1.19. The van der Waals surface area contributed by atoms with E-state index in [0.29, 0.717) is 11.2 Å². The first-order valence-electron chi connectivity index (χ1n) is 2.82. The lowest BCUT2D eigenvalue weighted by Crippen LogP contribution is -1.92. The van der Waals surface area contributed by atoms with Gasteiger partial charge < -0.3 is 10.7 Å². The second kappa shape index (κ2) is 2.06. The first kappa shape index (κ1) is 6.36. The number of nitrogens with two attached hydrogens (primary N) is 1. The number of hydrogen-bond acceptors (Lipinski definition) is 4. The second-order valence-corrected chi connectivity index (χ2v) is 2.29. The van der Waals surface area contributed by atoms with Gasteiger partial charge in [0.2, 0.25) is 11.6 Å². The molecule has 0 saturated heterocycles. The molecule has 0 saturated carbocycles. The minimum atomic E-state index is 0.251. The number of hydrogen-bond donors (Lipinski definition) is 2. The lowest BCUT2D eigenvalue weighted by molar-refractivity contribution is 1.19. The Morgan fingerprint density at radius 3 is 3.00 bits per heavy atom. The minimum absolute atomic E-state index is 0.251. The van der Waals surface area contributed by atoms with Crippen molar-refractivity contribution in [1.82, 2.24) is 19.9 Å². The molecule has 0 spiro atoms. The molecule has 0 unspecified atom stereocenters. The SMILES string of the molecule is Nc1n[c]nc2[nH]c(Cl)nc12. The molecule has 11 heavy (non-hydrogen) atoms. The topological polar surface area (TPSA) is 80.5 Å². The van der Waals surface area contributed by atoms with Gasteiger partial charge in [-0.15, -0.1) is 0 Å². The summed E-state index contributed by atoms with van der Waals surface area (Å²) in [6, 6.07) is 0. The predicted molar refractivity (Wildman–Crippen MR) is 39.9 cm³/mol. The van der Waals surface area contributed by atoms with Gasteiger partial charge in [0, 0.05) is 0 Å². The third-order valence-electron chi connectivity index (χ3n) is 1.23. The van der Waals surface area contributed by atoms with Gasteiger partial charge in [-0.1, -0.05) is 0 Å². The Morgan fingerprint density at radius 2 is 2.27 bits per heavy atom. The van der Waals surface area contributed by atoms with E-state index in [-0.39, 0.29) is 11.1 Å². The predicted octanol–water partition coefficient (Wildman–Crippen LogP) is 0.389. The summed E-state index contributed by atoms with van der Waals surface area (Å²) >= 11 is 5.55. The van der Waals surface area contributed by atoms with E-state index >= 15 is 0 Å². The standard InChI is InChI=1S/C5H3ClN5/c6-5-10-2-3(7)8-1-9-4(2)11-5/h(H3,7,8,9,10,11). The summed E-state index contributed by atoms with van der Waals surface area (Å²) in [6.45, 7) is 0. The molecule has 55 valence electrons. The van der Waals surface area contributed by atoms with E-state index in [1.54, 1.807) is 0 Å². The summed E-state index contributed by atoms with van der Waals surface area (Å²) in [7, 11) is 0. The number of anilines is 1. The van der Waals surface area contributed by atoms with Gasteiger partial charge in [-0.05, 0) is 11.6 Å². The molecule has 2 rings (SSSR count). The van der Waals surface area contributed by atoms with E-state index in [2.05, 4.69) is 26.3 Å². The van der Waals surface area contributed by atoms with Gasteiger partial charge in [-0.2, -0.15) is 0 Å². The van der Waals surface area contributed by atoms with Crippen LogP contribution in [-0.2, 0) is 0 Å². The number of rotatable bonds is 0. The lowest BCUT2D eigenvalue weighted by Gasteiger charge is -1.87. The van der Waals surface area contributed by atoms with Crippen LogP contribution in [0.1, 0.15) is 0 Å². The summed E-state index contributed by atoms with van der Waals surface area (Å²) < 4.78 is 0. The Labute approximate surface area is 66.6 Å². The molecule has 2 aromatic heterocycles. The summed E-state index contributed by atoms with van der Waals surface area (Å²) in [4.78, 5) is 13.9. The maximum Gasteiger partial charge on any atom is 0.202 e. The third kappa shape index (κ3) is 0.894. The number of halogens is 1. The highest BCUT2D eigenvalue weighted by Gasteiger charge is 2.04. The fourth-order valence-corrected chi connectivity index (χ4v) is 0.951. The van der Waals surface area contributed by atoms with E-state index in [1.165, 1.54) is 0 Å². The monoisotopic (exact) mass is 168 g/mol. The van der Waals surface area contributed by atoms with Gasteiger partial charge in [0.1, 0.15) is 0 Å². The molecule has 0 aliphatic rings. The van der Waals surface area contributed by atoms with Crippen LogP contribution in [0.4, 0.5) is 5.82 Å². The van der Waals surface area contributed by atoms with Crippen LogP contribution in [0.15, 0.2) is 0 Å². The van der Waals surface area contributed by atoms with Crippen LogP contribution in [0, 0.1) is 6.33 Å². The summed E-state index contributed by atoms with van der Waals surface area (Å²) in [6.07, 6.45) is 2.36. The molecule has 0 aliphatic heterocycles. The molecule has 2 heterocycles. The molecule has 2 aromatic rings. The van der Waals surface area contributed by atoms with Crippen molar-refractivity contribution in [3.05, 3.63) is 11.6 Å². The van der Waals surface area contributed by atoms with Crippen LogP contribution in [0.2, 0.25) is 5.28 Å². The van der Waals surface area contributed by atoms with E-state index in [0.717, 1.165) is 0 Å². The molecule has 0 bridgehead atoms. The maximum atomic E-state index is 5.55. The zero-order chi connectivity index (χ0) is 7.84. The van der Waals surface area contributed by atoms with Crippen molar-refractivity contribution in [3.8, 4) is 0 Å². The highest BCUT2D eigenvalue weighted by molar-refractivity contribution is 6.29. The highest BCUT2D eigenvalue weighted by atomic mass is 35.5. The van der Waals surface area contributed by atoms with Crippen LogP contribution >= 0.6 is 11.6 Å². The zero-order valence-corrected chi connectivity index (χ0v) is 6.05. The largest absolute Gasteiger partial charge is 0.382 e. The smallest absolute Gasteiger partial charge is 0.202 e. The van der Waals surface area contributed by atoms with Crippen molar-refractivity contribution in [2.45, 2.75) is 0 Å². The number of fused-ring (bicyclic) bond motifs is 1. The van der Waals surface area contributed by atoms with Crippen LogP contribution in [0.5, 0.6) is 0 Å². The fraction of sp³-hybridized carbons (Fsp3) is 0. The minimum Gasteiger partial charge on any atom is -0.382 e. The van der Waals surface area contributed by atoms with Crippen molar-refractivity contribution < 1.29 is 0 Å². The first-order valence-corrected chi connectivity index (χ1v) is 3.20. The van der Waals surface area contributed by atoms with E-state index in [4.69, 9.17) is 17.3 Å². The van der Waals surface area contributed by atoms with Crippen LogP contribution in [-0.4, -0.2) is 19.9 Å². The van der Waals surface area contributed by atoms with Crippen LogP contribution in [0.3, 0.4) is 0 Å². The van der Waals surface area contributed by atoms with Crippen molar-refractivity contribution in [2.24, 2.45) is 0 Å². The Balaban J connectivity index is 2.90. The summed E-state index contributed by atoms with van der Waals surface area (Å²) in [5.74, 6) is 0.276. The Hall–Kier alpha value is -1.36. The van der Waals surface area contributed by atoms with E-state index < -0.39 is 0 Å². The molecule has 3 N–H and O–H groups in total. The molecule has 0 fully saturated rings. The average Bonchev–Trinajstić information content (AvgIpc) is 2.31. The number of H-pyrrole nitrogens is 1. The maximum absolute atomic E-state index is 5.55. The van der Waals surface area contributed by atoms with Crippen molar-refractivity contribution in [3.63, 3.8) is 0 Å². The van der Waals surface area contributed by atoms with Gasteiger partial charge in [0.25, 0.3) is 0 Å². The van der Waals surface area contributed by atoms with Gasteiger partial charge in [-0.25, -0.2) is 15.0 Å². The quantitative estimate of drug-likeness (QED) is 0.558. The lowest BCUT2D eigenvalue weighted by atomic mass is 10.5. The molecule has 1 radical (unpaired) electrons. The molecule has 5 nitrogen and oxygen atoms in total. The second-order valence-electron chi connectivity index (χ2n) is 1.93. The van der Waals surface area contributed by atoms with Crippen molar-refractivity contribution in [2.75, 3.05) is 5.73 Å². The number of nitrogens with one attached hydrogen (secondary N) is 1. The fourth-order valence-electron chi connectivity index (χ4n) is 0.777. The number of imidazole rings is 1. The summed E-state index contributed by atoms with van der Waals surface area (Å²) in [5.41, 5.74) is 6.43. The summed E-state index contributed by atoms with van der Waals surface area (Å²) in [5, 5.41) is 0.251. The normalized spacial score (nSPS) is 10.6. The van der Waals surface area contributed by atoms with E-state index in [9.17, 15) is 0 Å². The number of nitrogens with zero attached hydrogens (tertiary/aromatic N) is 3. The molecule has 6 heteroatoms. The van der Waals surface area contributed by atoms with Crippen LogP contribution < -0.4 is 5.73 Å². The Morgan fingerprint density at radius 1 is 1.45 bits per heavy atom. The van der Waals surface area contributed by atoms with Gasteiger partial charge in [-0.3, -0.25) is 0 Å². The van der Waals surface area contributed by atoms with Crippen molar-refractivity contribution in [1.29, 1.82) is 0 Å². The first-order chi connectivity index (χ1) is 5.27. The number of nitrogen functional groups attached to an aromatic ring is 1. The van der Waals surface area contributed by atoms with Gasteiger partial charge >= 0.3 is 0 Å². The Bertz CT molecular complexity index is 395. The third-order valence-corrected chi connectivity index (χ3v) is 1.41. The number of aromatic amines is 1. The molecule has 0 amide bonds. The zero-order valence-electron chi connectivity index (χ0n) is 5.30. The molecular weight excluding hydrogens is 166 g/mol. The average molecular weight is 169 g/mol. The van der Waals surface area contributed by atoms with Gasteiger partial charge in [0.05, 0.1) is 0 Å². The highest BCUT2D eigenvalue weighted by Crippen LogP contribution is 2.14. The van der Waals surface area contributed by atoms with Gasteiger partial charge in [0.15, 0.2) is 17.0 Å². The van der Waals surface area contributed by atoms with Crippen LogP contribution in [0.25, 0.3) is 11.2 Å². The van der Waals surface area contributed by atoms with E-state index in [1.807, 2.05) is 0 Å². The molecule has 0 atom stereocenters.